The molecule has 3 heterocycles. The van der Waals surface area contributed by atoms with Crippen molar-refractivity contribution in [3.63, 3.8) is 0 Å². The van der Waals surface area contributed by atoms with Crippen molar-refractivity contribution in [2.24, 2.45) is 4.99 Å². The van der Waals surface area contributed by atoms with Gasteiger partial charge < -0.3 is 9.15 Å². The number of hydrogen-bond donors (Lipinski definition) is 0. The van der Waals surface area contributed by atoms with Gasteiger partial charge in [0.05, 0.1) is 38.4 Å². The Labute approximate surface area is 237 Å². The maximum Gasteiger partial charge on any atom is 0.338 e. The van der Waals surface area contributed by atoms with Crippen LogP contribution < -0.4 is 14.9 Å². The molecule has 0 saturated heterocycles. The van der Waals surface area contributed by atoms with E-state index in [1.54, 1.807) is 82.3 Å². The van der Waals surface area contributed by atoms with E-state index in [-0.39, 0.29) is 22.9 Å². The van der Waals surface area contributed by atoms with Crippen LogP contribution in [0, 0.1) is 17.0 Å². The largest absolute Gasteiger partial charge is 0.459 e. The Morgan fingerprint density at radius 1 is 1.18 bits per heavy atom. The molecule has 11 heteroatoms. The van der Waals surface area contributed by atoms with E-state index in [1.807, 2.05) is 0 Å². The molecular formula is C29H24ClN3O6S. The van der Waals surface area contributed by atoms with E-state index in [4.69, 9.17) is 20.8 Å². The SMILES string of the molecule is CC1=C(C(=O)OC(C)C)C(c2ccc(Cl)cc2)n2c(s/c(=C\c3ccc(-c4ccc(C)cc4[N+](=O)[O-])o3)c2=O)=N1. The Morgan fingerprint density at radius 3 is 2.58 bits per heavy atom. The fourth-order valence-electron chi connectivity index (χ4n) is 4.53. The van der Waals surface area contributed by atoms with Crippen LogP contribution in [0.3, 0.4) is 0 Å². The number of thiazole rings is 1. The number of nitrogens with zero attached hydrogens (tertiary/aromatic N) is 3. The Bertz CT molecular complexity index is 1860. The minimum Gasteiger partial charge on any atom is -0.459 e. The number of esters is 1. The lowest BCUT2D eigenvalue weighted by atomic mass is 9.96. The number of hydrogen-bond acceptors (Lipinski definition) is 8. The van der Waals surface area contributed by atoms with Gasteiger partial charge in [0.2, 0.25) is 0 Å². The second kappa shape index (κ2) is 10.7. The number of aromatic nitrogens is 1. The molecule has 40 heavy (non-hydrogen) atoms. The molecule has 1 aliphatic rings. The van der Waals surface area contributed by atoms with Gasteiger partial charge in [-0.05, 0) is 69.2 Å². The fraction of sp³-hybridized carbons (Fsp3) is 0.207. The molecule has 0 N–H and O–H groups in total. The highest BCUT2D eigenvalue weighted by Crippen LogP contribution is 2.33. The van der Waals surface area contributed by atoms with Crippen LogP contribution in [-0.2, 0) is 9.53 Å². The lowest BCUT2D eigenvalue weighted by Gasteiger charge is -2.25. The number of nitro benzene ring substituents is 1. The number of aryl methyl sites for hydroxylation is 1. The van der Waals surface area contributed by atoms with Crippen LogP contribution in [0.1, 0.15) is 43.7 Å². The number of fused-ring (bicyclic) bond motifs is 1. The minimum absolute atomic E-state index is 0.0699. The summed E-state index contributed by atoms with van der Waals surface area (Å²) < 4.78 is 13.2. The zero-order valence-electron chi connectivity index (χ0n) is 22.0. The van der Waals surface area contributed by atoms with Gasteiger partial charge in [-0.15, -0.1) is 0 Å². The van der Waals surface area contributed by atoms with Gasteiger partial charge in [0.25, 0.3) is 11.2 Å². The third kappa shape index (κ3) is 5.15. The average Bonchev–Trinajstić information content (AvgIpc) is 3.47. The number of allylic oxidation sites excluding steroid dienone is 1. The van der Waals surface area contributed by atoms with Gasteiger partial charge in [0.15, 0.2) is 4.80 Å². The summed E-state index contributed by atoms with van der Waals surface area (Å²) in [5.41, 5.74) is 2.04. The van der Waals surface area contributed by atoms with Crippen molar-refractivity contribution in [2.45, 2.75) is 39.8 Å². The third-order valence-corrected chi connectivity index (χ3v) is 7.52. The van der Waals surface area contributed by atoms with E-state index in [0.717, 1.165) is 16.9 Å². The van der Waals surface area contributed by atoms with Crippen LogP contribution in [0.4, 0.5) is 5.69 Å². The van der Waals surface area contributed by atoms with Crippen molar-refractivity contribution in [3.8, 4) is 11.3 Å². The first-order valence-corrected chi connectivity index (χ1v) is 13.6. The molecule has 4 aromatic rings. The van der Waals surface area contributed by atoms with Gasteiger partial charge in [-0.3, -0.25) is 19.5 Å². The zero-order chi connectivity index (χ0) is 28.7. The van der Waals surface area contributed by atoms with Crippen molar-refractivity contribution < 1.29 is 18.9 Å². The van der Waals surface area contributed by atoms with Gasteiger partial charge in [0, 0.05) is 17.2 Å². The monoisotopic (exact) mass is 577 g/mol. The third-order valence-electron chi connectivity index (χ3n) is 6.29. The van der Waals surface area contributed by atoms with Gasteiger partial charge in [-0.25, -0.2) is 9.79 Å². The molecule has 0 amide bonds. The number of ether oxygens (including phenoxy) is 1. The molecule has 0 bridgehead atoms. The van der Waals surface area contributed by atoms with E-state index < -0.39 is 16.9 Å². The van der Waals surface area contributed by atoms with E-state index in [0.29, 0.717) is 42.7 Å². The van der Waals surface area contributed by atoms with Crippen molar-refractivity contribution in [3.05, 3.63) is 118 Å². The predicted molar refractivity (Wildman–Crippen MR) is 152 cm³/mol. The molecule has 0 spiro atoms. The molecule has 1 unspecified atom stereocenters. The summed E-state index contributed by atoms with van der Waals surface area (Å²) in [6.07, 6.45) is 1.21. The normalized spacial score (nSPS) is 15.2. The molecule has 0 aliphatic carbocycles. The first-order valence-electron chi connectivity index (χ1n) is 12.4. The number of nitro groups is 1. The standard InChI is InChI=1S/C29H24ClN3O6S/c1-15(2)38-28(35)25-17(4)31-29-32(26(25)18-6-8-19(30)9-7-18)27(34)24(40-29)14-20-10-12-23(39-20)21-11-5-16(3)13-22(21)33(36)37/h5-15,26H,1-4H3/b24-14-. The van der Waals surface area contributed by atoms with E-state index >= 15 is 0 Å². The van der Waals surface area contributed by atoms with Crippen molar-refractivity contribution >= 4 is 40.7 Å². The Morgan fingerprint density at radius 2 is 1.90 bits per heavy atom. The molecule has 9 nitrogen and oxygen atoms in total. The first kappa shape index (κ1) is 27.3. The predicted octanol–water partition coefficient (Wildman–Crippen LogP) is 5.32. The average molecular weight is 578 g/mol. The van der Waals surface area contributed by atoms with Crippen LogP contribution in [-0.4, -0.2) is 21.6 Å². The number of rotatable bonds is 6. The maximum atomic E-state index is 13.8. The van der Waals surface area contributed by atoms with Gasteiger partial charge in [0.1, 0.15) is 11.5 Å². The molecule has 1 atom stereocenters. The topological polar surface area (TPSA) is 117 Å². The Hall–Kier alpha value is -4.28. The molecule has 1 aliphatic heterocycles. The molecule has 0 fully saturated rings. The number of furan rings is 1. The van der Waals surface area contributed by atoms with Gasteiger partial charge in [-0.2, -0.15) is 0 Å². The van der Waals surface area contributed by atoms with E-state index in [9.17, 15) is 19.7 Å². The quantitative estimate of drug-likeness (QED) is 0.174. The van der Waals surface area contributed by atoms with E-state index in [1.165, 1.54) is 10.6 Å². The first-order chi connectivity index (χ1) is 19.0. The molecule has 204 valence electrons. The summed E-state index contributed by atoms with van der Waals surface area (Å²) in [4.78, 5) is 43.1. The minimum atomic E-state index is -0.774. The highest BCUT2D eigenvalue weighted by molar-refractivity contribution is 7.07. The van der Waals surface area contributed by atoms with Crippen LogP contribution >= 0.6 is 22.9 Å². The van der Waals surface area contributed by atoms with Crippen LogP contribution in [0.2, 0.25) is 5.02 Å². The second-order valence-electron chi connectivity index (χ2n) is 9.57. The Balaban J connectivity index is 1.63. The van der Waals surface area contributed by atoms with Crippen LogP contribution in [0.15, 0.2) is 80.1 Å². The summed E-state index contributed by atoms with van der Waals surface area (Å²) in [6, 6.07) is 14.3. The zero-order valence-corrected chi connectivity index (χ0v) is 23.6. The summed E-state index contributed by atoms with van der Waals surface area (Å²) in [6.45, 7) is 6.99. The second-order valence-corrected chi connectivity index (χ2v) is 11.0. The number of carbonyl (C=O) groups excluding carboxylic acids is 1. The fourth-order valence-corrected chi connectivity index (χ4v) is 5.68. The summed E-state index contributed by atoms with van der Waals surface area (Å²) >= 11 is 7.27. The van der Waals surface area contributed by atoms with Gasteiger partial charge in [-0.1, -0.05) is 41.1 Å². The molecule has 5 rings (SSSR count). The highest BCUT2D eigenvalue weighted by atomic mass is 35.5. The number of carbonyl (C=O) groups is 1. The lowest BCUT2D eigenvalue weighted by molar-refractivity contribution is -0.384. The maximum absolute atomic E-state index is 13.8. The smallest absolute Gasteiger partial charge is 0.338 e. The number of halogens is 1. The molecule has 0 saturated carbocycles. The van der Waals surface area contributed by atoms with Crippen molar-refractivity contribution in [1.29, 1.82) is 0 Å². The lowest BCUT2D eigenvalue weighted by Crippen LogP contribution is -2.40. The summed E-state index contributed by atoms with van der Waals surface area (Å²) in [7, 11) is 0. The van der Waals surface area contributed by atoms with Crippen LogP contribution in [0.25, 0.3) is 17.4 Å². The van der Waals surface area contributed by atoms with Crippen molar-refractivity contribution in [2.75, 3.05) is 0 Å². The molecule has 2 aromatic carbocycles. The number of benzene rings is 2. The van der Waals surface area contributed by atoms with E-state index in [2.05, 4.69) is 4.99 Å². The summed E-state index contributed by atoms with van der Waals surface area (Å²) in [5, 5.41) is 12.1. The van der Waals surface area contributed by atoms with Crippen molar-refractivity contribution in [1.82, 2.24) is 4.57 Å². The van der Waals surface area contributed by atoms with Crippen LogP contribution in [0.5, 0.6) is 0 Å². The Kier molecular flexibility index (Phi) is 7.31. The molecular weight excluding hydrogens is 554 g/mol. The van der Waals surface area contributed by atoms with Gasteiger partial charge >= 0.3 is 5.97 Å². The summed E-state index contributed by atoms with van der Waals surface area (Å²) in [5.74, 6) is 0.0912. The highest BCUT2D eigenvalue weighted by Gasteiger charge is 2.33. The molecule has 2 aromatic heterocycles. The molecule has 0 radical (unpaired) electrons.